The van der Waals surface area contributed by atoms with Gasteiger partial charge in [0.1, 0.15) is 5.82 Å². The van der Waals surface area contributed by atoms with Crippen molar-refractivity contribution in [3.8, 4) is 23.2 Å². The minimum absolute atomic E-state index is 0.782. The molecule has 0 atom stereocenters. The van der Waals surface area contributed by atoms with E-state index < -0.39 is 0 Å². The molecule has 0 bridgehead atoms. The zero-order chi connectivity index (χ0) is 18.3. The van der Waals surface area contributed by atoms with Crippen LogP contribution in [0.1, 0.15) is 5.56 Å². The molecule has 4 rings (SSSR count). The Morgan fingerprint density at radius 1 is 0.815 bits per heavy atom. The van der Waals surface area contributed by atoms with Gasteiger partial charge in [-0.1, -0.05) is 60.4 Å². The fourth-order valence-electron chi connectivity index (χ4n) is 3.16. The molecule has 0 N–H and O–H groups in total. The van der Waals surface area contributed by atoms with Gasteiger partial charge in [-0.25, -0.2) is 9.97 Å². The number of anilines is 1. The Balaban J connectivity index is 1.35. The number of nitrogens with zero attached hydrogens (tertiary/aromatic N) is 4. The number of hydrogen-bond acceptors (Lipinski definition) is 4. The first-order chi connectivity index (χ1) is 13.4. The van der Waals surface area contributed by atoms with Crippen molar-refractivity contribution in [2.45, 2.75) is 0 Å². The molecule has 134 valence electrons. The summed E-state index contributed by atoms with van der Waals surface area (Å²) in [6, 6.07) is 22.3. The van der Waals surface area contributed by atoms with Crippen molar-refractivity contribution in [3.05, 3.63) is 78.5 Å². The van der Waals surface area contributed by atoms with Crippen LogP contribution in [0.5, 0.6) is 0 Å². The lowest BCUT2D eigenvalue weighted by Crippen LogP contribution is -2.46. The van der Waals surface area contributed by atoms with Gasteiger partial charge >= 0.3 is 0 Å². The lowest BCUT2D eigenvalue weighted by Gasteiger charge is -2.34. The maximum Gasteiger partial charge on any atom is 0.161 e. The van der Waals surface area contributed by atoms with Gasteiger partial charge in [-0.05, 0) is 18.2 Å². The topological polar surface area (TPSA) is 32.3 Å². The Morgan fingerprint density at radius 2 is 1.52 bits per heavy atom. The van der Waals surface area contributed by atoms with E-state index in [4.69, 9.17) is 4.98 Å². The van der Waals surface area contributed by atoms with Crippen molar-refractivity contribution in [1.82, 2.24) is 14.9 Å². The molecule has 1 aliphatic heterocycles. The van der Waals surface area contributed by atoms with Crippen molar-refractivity contribution in [2.24, 2.45) is 0 Å². The Labute approximate surface area is 160 Å². The van der Waals surface area contributed by atoms with Gasteiger partial charge in [0.05, 0.1) is 6.54 Å². The Morgan fingerprint density at radius 3 is 2.26 bits per heavy atom. The Kier molecular flexibility index (Phi) is 5.42. The average Bonchev–Trinajstić information content (AvgIpc) is 2.76. The van der Waals surface area contributed by atoms with Crippen molar-refractivity contribution in [2.75, 3.05) is 37.6 Å². The van der Waals surface area contributed by atoms with Crippen LogP contribution in [0.25, 0.3) is 11.4 Å². The monoisotopic (exact) mass is 354 g/mol. The Bertz CT molecular complexity index is 921. The molecule has 2 aromatic carbocycles. The van der Waals surface area contributed by atoms with E-state index in [-0.39, 0.29) is 0 Å². The summed E-state index contributed by atoms with van der Waals surface area (Å²) in [7, 11) is 0. The van der Waals surface area contributed by atoms with Crippen LogP contribution in [-0.4, -0.2) is 47.6 Å². The van der Waals surface area contributed by atoms with Crippen molar-refractivity contribution >= 4 is 5.82 Å². The number of hydrogen-bond donors (Lipinski definition) is 0. The van der Waals surface area contributed by atoms with E-state index in [1.54, 1.807) is 0 Å². The molecule has 27 heavy (non-hydrogen) atoms. The smallest absolute Gasteiger partial charge is 0.161 e. The van der Waals surface area contributed by atoms with E-state index in [1.165, 1.54) is 0 Å². The number of aromatic nitrogens is 2. The predicted molar refractivity (Wildman–Crippen MR) is 109 cm³/mol. The highest BCUT2D eigenvalue weighted by Crippen LogP contribution is 2.19. The third kappa shape index (κ3) is 4.52. The molecule has 1 aliphatic rings. The van der Waals surface area contributed by atoms with E-state index in [0.717, 1.165) is 55.5 Å². The minimum atomic E-state index is 0.782. The third-order valence-electron chi connectivity index (χ3n) is 4.68. The maximum absolute atomic E-state index is 4.76. The summed E-state index contributed by atoms with van der Waals surface area (Å²) >= 11 is 0. The van der Waals surface area contributed by atoms with E-state index in [0.29, 0.717) is 0 Å². The highest BCUT2D eigenvalue weighted by atomic mass is 15.3. The van der Waals surface area contributed by atoms with Gasteiger partial charge in [0.15, 0.2) is 5.82 Å². The van der Waals surface area contributed by atoms with Gasteiger partial charge in [0.25, 0.3) is 0 Å². The van der Waals surface area contributed by atoms with Crippen molar-refractivity contribution in [3.63, 3.8) is 0 Å². The molecule has 1 saturated heterocycles. The van der Waals surface area contributed by atoms with Crippen LogP contribution in [-0.2, 0) is 0 Å². The van der Waals surface area contributed by atoms with Gasteiger partial charge in [-0.3, -0.25) is 4.90 Å². The lowest BCUT2D eigenvalue weighted by molar-refractivity contribution is 0.287. The molecule has 4 heteroatoms. The van der Waals surface area contributed by atoms with Crippen LogP contribution in [0.3, 0.4) is 0 Å². The third-order valence-corrected chi connectivity index (χ3v) is 4.68. The molecule has 1 fully saturated rings. The van der Waals surface area contributed by atoms with E-state index in [2.05, 4.69) is 26.6 Å². The first-order valence-corrected chi connectivity index (χ1v) is 9.28. The van der Waals surface area contributed by atoms with Gasteiger partial charge in [-0.15, -0.1) is 0 Å². The second-order valence-electron chi connectivity index (χ2n) is 6.54. The van der Waals surface area contributed by atoms with E-state index in [9.17, 15) is 0 Å². The zero-order valence-electron chi connectivity index (χ0n) is 15.3. The van der Waals surface area contributed by atoms with Crippen molar-refractivity contribution < 1.29 is 0 Å². The molecular weight excluding hydrogens is 332 g/mol. The summed E-state index contributed by atoms with van der Waals surface area (Å²) in [4.78, 5) is 13.9. The van der Waals surface area contributed by atoms with Crippen LogP contribution in [0.15, 0.2) is 72.9 Å². The standard InChI is InChI=1S/C23H22N4/c1-3-8-20(9-4-1)10-7-15-26-16-18-27(19-17-26)22-13-14-24-23(25-22)21-11-5-2-6-12-21/h1-6,8-9,11-14H,15-19H2. The van der Waals surface area contributed by atoms with E-state index in [1.807, 2.05) is 72.9 Å². The van der Waals surface area contributed by atoms with Gasteiger partial charge in [-0.2, -0.15) is 0 Å². The Hall–Kier alpha value is -3.16. The predicted octanol–water partition coefficient (Wildman–Crippen LogP) is 3.32. The van der Waals surface area contributed by atoms with Gasteiger partial charge < -0.3 is 4.90 Å². The second kappa shape index (κ2) is 8.48. The van der Waals surface area contributed by atoms with Crippen LogP contribution in [0, 0.1) is 11.8 Å². The SMILES string of the molecule is C(#Cc1ccccc1)CN1CCN(c2ccnc(-c3ccccc3)n2)CC1. The second-order valence-corrected chi connectivity index (χ2v) is 6.54. The van der Waals surface area contributed by atoms with Gasteiger partial charge in [0.2, 0.25) is 0 Å². The van der Waals surface area contributed by atoms with E-state index >= 15 is 0 Å². The first kappa shape index (κ1) is 17.3. The van der Waals surface area contributed by atoms with Crippen LogP contribution >= 0.6 is 0 Å². The molecule has 4 nitrogen and oxygen atoms in total. The normalized spacial score (nSPS) is 14.4. The molecule has 0 radical (unpaired) electrons. The summed E-state index contributed by atoms with van der Waals surface area (Å²) in [5, 5.41) is 0. The summed E-state index contributed by atoms with van der Waals surface area (Å²) in [6.07, 6.45) is 1.85. The molecule has 1 aromatic heterocycles. The average molecular weight is 354 g/mol. The first-order valence-electron chi connectivity index (χ1n) is 9.28. The van der Waals surface area contributed by atoms with Crippen LogP contribution in [0.2, 0.25) is 0 Å². The summed E-state index contributed by atoms with van der Waals surface area (Å²) in [5.74, 6) is 8.30. The molecule has 2 heterocycles. The maximum atomic E-state index is 4.76. The molecular formula is C23H22N4. The highest BCUT2D eigenvalue weighted by Gasteiger charge is 2.17. The van der Waals surface area contributed by atoms with Crippen molar-refractivity contribution in [1.29, 1.82) is 0 Å². The molecule has 0 amide bonds. The zero-order valence-corrected chi connectivity index (χ0v) is 15.3. The summed E-state index contributed by atoms with van der Waals surface area (Å²) < 4.78 is 0. The largest absolute Gasteiger partial charge is 0.354 e. The highest BCUT2D eigenvalue weighted by molar-refractivity contribution is 5.57. The fraction of sp³-hybridized carbons (Fsp3) is 0.217. The molecule has 0 spiro atoms. The molecule has 0 aliphatic carbocycles. The fourth-order valence-corrected chi connectivity index (χ4v) is 3.16. The number of benzene rings is 2. The van der Waals surface area contributed by atoms with Gasteiger partial charge in [0, 0.05) is 43.5 Å². The number of piperazine rings is 1. The lowest BCUT2D eigenvalue weighted by atomic mass is 10.2. The summed E-state index contributed by atoms with van der Waals surface area (Å²) in [5.41, 5.74) is 2.12. The molecule has 0 saturated carbocycles. The quantitative estimate of drug-likeness (QED) is 0.676. The summed E-state index contributed by atoms with van der Waals surface area (Å²) in [6.45, 7) is 4.71. The van der Waals surface area contributed by atoms with Crippen LogP contribution < -0.4 is 4.90 Å². The molecule has 3 aromatic rings. The van der Waals surface area contributed by atoms with Crippen LogP contribution in [0.4, 0.5) is 5.82 Å². The number of rotatable bonds is 3. The minimum Gasteiger partial charge on any atom is -0.354 e. The molecule has 0 unspecified atom stereocenters.